The highest BCUT2D eigenvalue weighted by Crippen LogP contribution is 2.29. The Bertz CT molecular complexity index is 496. The standard InChI is InChI=1S/C13H18N4O2.2ClH/c1-13(2,14)12(19)16-9-5-6-10(15-7-9)17-11(18)8-3-4-8;;/h5-8H,3-4,14H2,1-2H3,(H,16,19)(H,15,17,18);2*1H. The number of carbonyl (C=O) groups is 2. The Morgan fingerprint density at radius 2 is 1.86 bits per heavy atom. The highest BCUT2D eigenvalue weighted by Gasteiger charge is 2.29. The molecular formula is C13H20Cl2N4O2. The lowest BCUT2D eigenvalue weighted by Gasteiger charge is -2.17. The summed E-state index contributed by atoms with van der Waals surface area (Å²) >= 11 is 0. The van der Waals surface area contributed by atoms with Crippen LogP contribution in [0.5, 0.6) is 0 Å². The van der Waals surface area contributed by atoms with Gasteiger partial charge in [-0.25, -0.2) is 4.98 Å². The number of pyridine rings is 1. The molecule has 0 aromatic carbocycles. The fraction of sp³-hybridized carbons (Fsp3) is 0.462. The van der Waals surface area contributed by atoms with Crippen LogP contribution in [0, 0.1) is 5.92 Å². The van der Waals surface area contributed by atoms with Gasteiger partial charge >= 0.3 is 0 Å². The topological polar surface area (TPSA) is 97.1 Å². The molecule has 1 aliphatic carbocycles. The third-order valence-electron chi connectivity index (χ3n) is 2.81. The van der Waals surface area contributed by atoms with Gasteiger partial charge in [-0.1, -0.05) is 0 Å². The molecule has 0 unspecified atom stereocenters. The molecule has 1 heterocycles. The number of carbonyl (C=O) groups excluding carboxylic acids is 2. The molecule has 0 atom stereocenters. The van der Waals surface area contributed by atoms with Crippen LogP contribution in [0.25, 0.3) is 0 Å². The molecule has 4 N–H and O–H groups in total. The Morgan fingerprint density at radius 1 is 1.24 bits per heavy atom. The van der Waals surface area contributed by atoms with Crippen molar-refractivity contribution in [3.63, 3.8) is 0 Å². The second kappa shape index (κ2) is 7.59. The van der Waals surface area contributed by atoms with Crippen LogP contribution < -0.4 is 16.4 Å². The van der Waals surface area contributed by atoms with E-state index < -0.39 is 5.54 Å². The van der Waals surface area contributed by atoms with Crippen LogP contribution in [0.3, 0.4) is 0 Å². The Labute approximate surface area is 136 Å². The zero-order chi connectivity index (χ0) is 14.0. The molecule has 1 aliphatic rings. The smallest absolute Gasteiger partial charge is 0.243 e. The maximum absolute atomic E-state index is 11.7. The van der Waals surface area contributed by atoms with Gasteiger partial charge in [0.1, 0.15) is 5.82 Å². The number of halogens is 2. The summed E-state index contributed by atoms with van der Waals surface area (Å²) < 4.78 is 0. The van der Waals surface area contributed by atoms with E-state index in [0.717, 1.165) is 12.8 Å². The normalized spacial score (nSPS) is 13.5. The van der Waals surface area contributed by atoms with Crippen LogP contribution in [0.2, 0.25) is 0 Å². The molecule has 2 amide bonds. The monoisotopic (exact) mass is 334 g/mol. The van der Waals surface area contributed by atoms with E-state index in [9.17, 15) is 9.59 Å². The highest BCUT2D eigenvalue weighted by molar-refractivity contribution is 5.97. The molecule has 118 valence electrons. The average molecular weight is 335 g/mol. The molecule has 1 aromatic rings. The lowest BCUT2D eigenvalue weighted by atomic mass is 10.1. The van der Waals surface area contributed by atoms with Gasteiger partial charge in [-0.15, -0.1) is 24.8 Å². The first-order valence-corrected chi connectivity index (χ1v) is 6.23. The Hall–Kier alpha value is -1.37. The molecule has 1 fully saturated rings. The number of anilines is 2. The quantitative estimate of drug-likeness (QED) is 0.783. The molecular weight excluding hydrogens is 315 g/mol. The lowest BCUT2D eigenvalue weighted by molar-refractivity contribution is -0.120. The first-order valence-electron chi connectivity index (χ1n) is 6.23. The summed E-state index contributed by atoms with van der Waals surface area (Å²) in [5.41, 5.74) is 5.28. The summed E-state index contributed by atoms with van der Waals surface area (Å²) in [5.74, 6) is 0.345. The fourth-order valence-corrected chi connectivity index (χ4v) is 1.41. The highest BCUT2D eigenvalue weighted by atomic mass is 35.5. The molecule has 0 spiro atoms. The van der Waals surface area contributed by atoms with Gasteiger partial charge < -0.3 is 16.4 Å². The maximum Gasteiger partial charge on any atom is 0.243 e. The van der Waals surface area contributed by atoms with Gasteiger partial charge in [-0.05, 0) is 38.8 Å². The number of rotatable bonds is 4. The predicted molar refractivity (Wildman–Crippen MR) is 87.0 cm³/mol. The van der Waals surface area contributed by atoms with E-state index in [2.05, 4.69) is 15.6 Å². The number of nitrogens with zero attached hydrogens (tertiary/aromatic N) is 1. The predicted octanol–water partition coefficient (Wildman–Crippen LogP) is 1.95. The fourth-order valence-electron chi connectivity index (χ4n) is 1.41. The zero-order valence-electron chi connectivity index (χ0n) is 11.9. The van der Waals surface area contributed by atoms with Gasteiger partial charge in [-0.3, -0.25) is 9.59 Å². The van der Waals surface area contributed by atoms with E-state index in [1.54, 1.807) is 26.0 Å². The summed E-state index contributed by atoms with van der Waals surface area (Å²) in [5, 5.41) is 5.39. The molecule has 6 nitrogen and oxygen atoms in total. The Morgan fingerprint density at radius 3 is 2.29 bits per heavy atom. The molecule has 0 radical (unpaired) electrons. The van der Waals surface area contributed by atoms with Crippen LogP contribution in [-0.4, -0.2) is 22.3 Å². The zero-order valence-corrected chi connectivity index (χ0v) is 13.5. The van der Waals surface area contributed by atoms with Gasteiger partial charge in [-0.2, -0.15) is 0 Å². The van der Waals surface area contributed by atoms with Crippen molar-refractivity contribution in [1.29, 1.82) is 0 Å². The third kappa shape index (κ3) is 5.87. The molecule has 1 saturated carbocycles. The number of hydrogen-bond acceptors (Lipinski definition) is 4. The molecule has 0 aliphatic heterocycles. The summed E-state index contributed by atoms with van der Waals surface area (Å²) in [4.78, 5) is 27.3. The maximum atomic E-state index is 11.7. The minimum absolute atomic E-state index is 0. The Kier molecular flexibility index (Phi) is 7.09. The second-order valence-corrected chi connectivity index (χ2v) is 5.37. The van der Waals surface area contributed by atoms with Gasteiger partial charge in [0.2, 0.25) is 11.8 Å². The third-order valence-corrected chi connectivity index (χ3v) is 2.81. The number of nitrogens with one attached hydrogen (secondary N) is 2. The van der Waals surface area contributed by atoms with Crippen molar-refractivity contribution in [1.82, 2.24) is 4.98 Å². The largest absolute Gasteiger partial charge is 0.323 e. The molecule has 0 saturated heterocycles. The van der Waals surface area contributed by atoms with Gasteiger partial charge in [0, 0.05) is 5.92 Å². The van der Waals surface area contributed by atoms with Crippen molar-refractivity contribution < 1.29 is 9.59 Å². The van der Waals surface area contributed by atoms with E-state index in [1.807, 2.05) is 0 Å². The second-order valence-electron chi connectivity index (χ2n) is 5.37. The summed E-state index contributed by atoms with van der Waals surface area (Å²) in [6.45, 7) is 3.25. The van der Waals surface area contributed by atoms with Gasteiger partial charge in [0.05, 0.1) is 17.4 Å². The summed E-state index contributed by atoms with van der Waals surface area (Å²) in [7, 11) is 0. The summed E-state index contributed by atoms with van der Waals surface area (Å²) in [6, 6.07) is 3.33. The van der Waals surface area contributed by atoms with Crippen LogP contribution in [0.1, 0.15) is 26.7 Å². The molecule has 8 heteroatoms. The molecule has 0 bridgehead atoms. The van der Waals surface area contributed by atoms with E-state index in [1.165, 1.54) is 6.20 Å². The number of nitrogens with two attached hydrogens (primary N) is 1. The SMILES string of the molecule is CC(C)(N)C(=O)Nc1ccc(NC(=O)C2CC2)nc1.Cl.Cl. The Balaban J connectivity index is 0.00000200. The van der Waals surface area contributed by atoms with E-state index >= 15 is 0 Å². The van der Waals surface area contributed by atoms with Crippen molar-refractivity contribution in [2.75, 3.05) is 10.6 Å². The van der Waals surface area contributed by atoms with Crippen molar-refractivity contribution in [3.05, 3.63) is 18.3 Å². The van der Waals surface area contributed by atoms with Crippen LogP contribution in [0.4, 0.5) is 11.5 Å². The average Bonchev–Trinajstić information content (AvgIpc) is 3.14. The van der Waals surface area contributed by atoms with E-state index in [0.29, 0.717) is 11.5 Å². The van der Waals surface area contributed by atoms with Gasteiger partial charge in [0.15, 0.2) is 0 Å². The lowest BCUT2D eigenvalue weighted by Crippen LogP contribution is -2.45. The molecule has 21 heavy (non-hydrogen) atoms. The van der Waals surface area contributed by atoms with Crippen molar-refractivity contribution in [2.24, 2.45) is 11.7 Å². The van der Waals surface area contributed by atoms with Crippen LogP contribution >= 0.6 is 24.8 Å². The van der Waals surface area contributed by atoms with E-state index in [-0.39, 0.29) is 42.5 Å². The summed E-state index contributed by atoms with van der Waals surface area (Å²) in [6.07, 6.45) is 3.39. The van der Waals surface area contributed by atoms with Crippen LogP contribution in [0.15, 0.2) is 18.3 Å². The molecule has 1 aromatic heterocycles. The first kappa shape index (κ1) is 19.6. The van der Waals surface area contributed by atoms with Crippen molar-refractivity contribution in [2.45, 2.75) is 32.2 Å². The molecule has 2 rings (SSSR count). The van der Waals surface area contributed by atoms with Gasteiger partial charge in [0.25, 0.3) is 0 Å². The first-order chi connectivity index (χ1) is 8.86. The minimum atomic E-state index is -0.946. The number of hydrogen-bond donors (Lipinski definition) is 3. The van der Waals surface area contributed by atoms with Crippen molar-refractivity contribution >= 4 is 48.1 Å². The number of amides is 2. The number of aromatic nitrogens is 1. The van der Waals surface area contributed by atoms with Crippen molar-refractivity contribution in [3.8, 4) is 0 Å². The minimum Gasteiger partial charge on any atom is -0.323 e. The van der Waals surface area contributed by atoms with Crippen LogP contribution in [-0.2, 0) is 9.59 Å². The van der Waals surface area contributed by atoms with E-state index in [4.69, 9.17) is 5.73 Å².